The van der Waals surface area contributed by atoms with Crippen molar-refractivity contribution in [2.75, 3.05) is 41.4 Å². The molecule has 0 saturated carbocycles. The van der Waals surface area contributed by atoms with E-state index >= 15 is 0 Å². The number of benzene rings is 2. The number of aromatic nitrogens is 2. The third-order valence-corrected chi connectivity index (χ3v) is 7.47. The zero-order valence-corrected chi connectivity index (χ0v) is 22.5. The molecule has 2 N–H and O–H groups in total. The molecule has 37 heavy (non-hydrogen) atoms. The number of nitrogens with one attached hydrogen (secondary N) is 2. The van der Waals surface area contributed by atoms with E-state index in [1.54, 1.807) is 26.0 Å². The number of rotatable bonds is 10. The Hall–Kier alpha value is -3.91. The van der Waals surface area contributed by atoms with Crippen molar-refractivity contribution in [3.8, 4) is 11.5 Å². The Balaban J connectivity index is 1.77. The van der Waals surface area contributed by atoms with Crippen molar-refractivity contribution < 1.29 is 31.1 Å². The molecule has 3 rings (SSSR count). The van der Waals surface area contributed by atoms with Gasteiger partial charge in [-0.3, -0.25) is 9.10 Å². The van der Waals surface area contributed by atoms with Crippen LogP contribution in [0.3, 0.4) is 0 Å². The average molecular weight is 550 g/mol. The largest absolute Gasteiger partial charge is 0.497 e. The SMILES string of the molecule is COc1ccc(OC)c(N(CC(=O)Nc2ccc(S(=O)(=O)Nc3nc(C)cc(C)n3)cc2)S(C)(=O)=O)c1. The third kappa shape index (κ3) is 7.07. The van der Waals surface area contributed by atoms with Gasteiger partial charge in [-0.1, -0.05) is 0 Å². The fourth-order valence-corrected chi connectivity index (χ4v) is 5.17. The van der Waals surface area contributed by atoms with E-state index in [0.29, 0.717) is 17.1 Å². The molecule has 1 amide bonds. The van der Waals surface area contributed by atoms with Crippen LogP contribution in [0.5, 0.6) is 11.5 Å². The Labute approximate surface area is 215 Å². The monoisotopic (exact) mass is 549 g/mol. The predicted octanol–water partition coefficient (Wildman–Crippen LogP) is 2.32. The highest BCUT2D eigenvalue weighted by atomic mass is 32.2. The number of methoxy groups -OCH3 is 2. The van der Waals surface area contributed by atoms with Crippen LogP contribution in [0, 0.1) is 13.8 Å². The summed E-state index contributed by atoms with van der Waals surface area (Å²) in [5.41, 5.74) is 1.61. The van der Waals surface area contributed by atoms with Gasteiger partial charge in [0, 0.05) is 23.1 Å². The number of hydrogen-bond acceptors (Lipinski definition) is 9. The molecule has 2 aromatic carbocycles. The third-order valence-electron chi connectivity index (χ3n) is 5.00. The van der Waals surface area contributed by atoms with Crippen molar-refractivity contribution >= 4 is 43.3 Å². The summed E-state index contributed by atoms with van der Waals surface area (Å²) in [6.07, 6.45) is 0.964. The van der Waals surface area contributed by atoms with Crippen molar-refractivity contribution in [2.45, 2.75) is 18.7 Å². The number of anilines is 3. The smallest absolute Gasteiger partial charge is 0.264 e. The van der Waals surface area contributed by atoms with Crippen LogP contribution in [0.1, 0.15) is 11.4 Å². The number of nitrogens with zero attached hydrogens (tertiary/aromatic N) is 3. The van der Waals surface area contributed by atoms with Gasteiger partial charge in [0.2, 0.25) is 21.9 Å². The maximum absolute atomic E-state index is 12.7. The number of sulfonamides is 2. The van der Waals surface area contributed by atoms with Crippen molar-refractivity contribution in [1.82, 2.24) is 9.97 Å². The molecule has 1 heterocycles. The molecule has 0 radical (unpaired) electrons. The van der Waals surface area contributed by atoms with E-state index in [1.807, 2.05) is 0 Å². The summed E-state index contributed by atoms with van der Waals surface area (Å²) in [4.78, 5) is 20.8. The lowest BCUT2D eigenvalue weighted by atomic mass is 10.2. The quantitative estimate of drug-likeness (QED) is 0.387. The van der Waals surface area contributed by atoms with Crippen LogP contribution in [0.2, 0.25) is 0 Å². The van der Waals surface area contributed by atoms with Gasteiger partial charge in [0.25, 0.3) is 10.0 Å². The molecule has 1 aromatic heterocycles. The second-order valence-corrected chi connectivity index (χ2v) is 11.5. The number of amides is 1. The maximum Gasteiger partial charge on any atom is 0.264 e. The van der Waals surface area contributed by atoms with Crippen molar-refractivity contribution in [3.63, 3.8) is 0 Å². The fourth-order valence-electron chi connectivity index (χ4n) is 3.37. The normalized spacial score (nSPS) is 11.5. The first-order valence-corrected chi connectivity index (χ1v) is 14.1. The maximum atomic E-state index is 12.7. The molecule has 0 spiro atoms. The molecule has 0 unspecified atom stereocenters. The van der Waals surface area contributed by atoms with Gasteiger partial charge in [-0.25, -0.2) is 31.5 Å². The highest BCUT2D eigenvalue weighted by Gasteiger charge is 2.25. The van der Waals surface area contributed by atoms with Crippen molar-refractivity contribution in [3.05, 3.63) is 59.9 Å². The number of aryl methyl sites for hydroxylation is 2. The summed E-state index contributed by atoms with van der Waals surface area (Å²) in [5.74, 6) is -0.105. The van der Waals surface area contributed by atoms with Crippen molar-refractivity contribution in [2.24, 2.45) is 0 Å². The lowest BCUT2D eigenvalue weighted by Crippen LogP contribution is -2.37. The van der Waals surface area contributed by atoms with Gasteiger partial charge < -0.3 is 14.8 Å². The lowest BCUT2D eigenvalue weighted by Gasteiger charge is -2.24. The van der Waals surface area contributed by atoms with E-state index in [-0.39, 0.29) is 28.0 Å². The standard InChI is InChI=1S/C23H27N5O7S2/c1-15-12-16(2)25-23(24-15)27-37(32,33)19-9-6-17(7-10-19)26-22(29)14-28(36(5,30)31)20-13-18(34-3)8-11-21(20)35-4/h6-13H,14H2,1-5H3,(H,26,29)(H,24,25,27). The second-order valence-electron chi connectivity index (χ2n) is 7.96. The first kappa shape index (κ1) is 27.7. The highest BCUT2D eigenvalue weighted by Crippen LogP contribution is 2.33. The molecule has 198 valence electrons. The van der Waals surface area contributed by atoms with Gasteiger partial charge in [-0.2, -0.15) is 0 Å². The number of ether oxygens (including phenoxy) is 2. The van der Waals surface area contributed by atoms with Crippen LogP contribution >= 0.6 is 0 Å². The number of carbonyl (C=O) groups is 1. The summed E-state index contributed by atoms with van der Waals surface area (Å²) in [6.45, 7) is 2.88. The Morgan fingerprint density at radius 3 is 2.08 bits per heavy atom. The molecule has 12 nitrogen and oxygen atoms in total. The van der Waals surface area contributed by atoms with E-state index < -0.39 is 32.5 Å². The molecule has 0 aliphatic carbocycles. The van der Waals surface area contributed by atoms with E-state index in [4.69, 9.17) is 9.47 Å². The molecular formula is C23H27N5O7S2. The first-order chi connectivity index (χ1) is 17.3. The molecule has 0 aliphatic rings. The second kappa shape index (κ2) is 11.0. The average Bonchev–Trinajstić information content (AvgIpc) is 2.80. The van der Waals surface area contributed by atoms with Gasteiger partial charge >= 0.3 is 0 Å². The summed E-state index contributed by atoms with van der Waals surface area (Å²) in [6, 6.07) is 11.6. The topological polar surface area (TPSA) is 157 Å². The van der Waals surface area contributed by atoms with E-state index in [2.05, 4.69) is 20.0 Å². The Morgan fingerprint density at radius 2 is 1.54 bits per heavy atom. The van der Waals surface area contributed by atoms with Crippen LogP contribution < -0.4 is 23.8 Å². The summed E-state index contributed by atoms with van der Waals surface area (Å²) in [7, 11) is -5.06. The van der Waals surface area contributed by atoms with E-state index in [0.717, 1.165) is 10.6 Å². The van der Waals surface area contributed by atoms with Gasteiger partial charge in [-0.15, -0.1) is 0 Å². The van der Waals surface area contributed by atoms with Gasteiger partial charge in [-0.05, 0) is 56.3 Å². The summed E-state index contributed by atoms with van der Waals surface area (Å²) in [5, 5.41) is 2.57. The molecular weight excluding hydrogens is 522 g/mol. The fraction of sp³-hybridized carbons (Fsp3) is 0.261. The minimum absolute atomic E-state index is 0.0521. The molecule has 0 saturated heterocycles. The summed E-state index contributed by atoms with van der Waals surface area (Å²) >= 11 is 0. The van der Waals surface area contributed by atoms with Crippen LogP contribution in [0.4, 0.5) is 17.3 Å². The highest BCUT2D eigenvalue weighted by molar-refractivity contribution is 7.92. The number of carbonyl (C=O) groups excluding carboxylic acids is 1. The van der Waals surface area contributed by atoms with Crippen LogP contribution in [0.25, 0.3) is 0 Å². The molecule has 0 fully saturated rings. The minimum Gasteiger partial charge on any atom is -0.497 e. The molecule has 0 bridgehead atoms. The molecule has 14 heteroatoms. The van der Waals surface area contributed by atoms with Gasteiger partial charge in [0.15, 0.2) is 0 Å². The lowest BCUT2D eigenvalue weighted by molar-refractivity contribution is -0.114. The molecule has 3 aromatic rings. The van der Waals surface area contributed by atoms with Crippen LogP contribution in [-0.2, 0) is 24.8 Å². The van der Waals surface area contributed by atoms with Crippen LogP contribution in [-0.4, -0.2) is 59.7 Å². The zero-order chi connectivity index (χ0) is 27.4. The van der Waals surface area contributed by atoms with Crippen molar-refractivity contribution in [1.29, 1.82) is 0 Å². The molecule has 0 atom stereocenters. The Kier molecular flexibility index (Phi) is 8.23. The van der Waals surface area contributed by atoms with Gasteiger partial charge in [0.1, 0.15) is 18.0 Å². The summed E-state index contributed by atoms with van der Waals surface area (Å²) < 4.78 is 64.1. The predicted molar refractivity (Wildman–Crippen MR) is 139 cm³/mol. The van der Waals surface area contributed by atoms with Crippen LogP contribution in [0.15, 0.2) is 53.4 Å². The van der Waals surface area contributed by atoms with Gasteiger partial charge in [0.05, 0.1) is 31.1 Å². The minimum atomic E-state index is -3.98. The Morgan fingerprint density at radius 1 is 0.919 bits per heavy atom. The van der Waals surface area contributed by atoms with E-state index in [1.165, 1.54) is 50.6 Å². The zero-order valence-electron chi connectivity index (χ0n) is 20.8. The molecule has 0 aliphatic heterocycles. The van der Waals surface area contributed by atoms with E-state index in [9.17, 15) is 21.6 Å². The first-order valence-electron chi connectivity index (χ1n) is 10.8. The Bertz CT molecular complexity index is 1490. The number of hydrogen-bond donors (Lipinski definition) is 2.